The van der Waals surface area contributed by atoms with Gasteiger partial charge in [0.1, 0.15) is 12.7 Å². The largest absolute Gasteiger partial charge is 0.472 e. The molecular weight excluding hydrogens is 880 g/mol. The molecule has 0 aliphatic rings. The zero-order chi connectivity index (χ0) is 49.9. The van der Waals surface area contributed by atoms with Crippen molar-refractivity contribution in [2.45, 2.75) is 251 Å². The molecule has 3 unspecified atom stereocenters. The van der Waals surface area contributed by atoms with Crippen LogP contribution in [0.2, 0.25) is 0 Å². The lowest BCUT2D eigenvalue weighted by Crippen LogP contribution is -2.30. The molecule has 0 aromatic carbocycles. The summed E-state index contributed by atoms with van der Waals surface area (Å²) < 4.78 is 39.3. The van der Waals surface area contributed by atoms with Crippen LogP contribution in [0.5, 0.6) is 0 Å². The molecule has 0 aliphatic heterocycles. The highest BCUT2D eigenvalue weighted by atomic mass is 31.2. The molecule has 68 heavy (non-hydrogen) atoms. The number of rotatable bonds is 50. The van der Waals surface area contributed by atoms with Crippen LogP contribution < -0.4 is 0 Å². The summed E-state index contributed by atoms with van der Waals surface area (Å²) in [5.41, 5.74) is 0. The Labute approximate surface area is 415 Å². The zero-order valence-electron chi connectivity index (χ0n) is 43.3. The zero-order valence-corrected chi connectivity index (χ0v) is 44.2. The molecule has 0 spiro atoms. The van der Waals surface area contributed by atoms with E-state index in [1.165, 1.54) is 70.6 Å². The molecule has 0 saturated heterocycles. The minimum absolute atomic E-state index is 0.152. The fourth-order valence-electron chi connectivity index (χ4n) is 7.28. The maximum absolute atomic E-state index is 12.9. The van der Waals surface area contributed by atoms with E-state index in [-0.39, 0.29) is 25.9 Å². The molecule has 394 valence electrons. The summed E-state index contributed by atoms with van der Waals surface area (Å²) in [5, 5.41) is 9.75. The van der Waals surface area contributed by atoms with Crippen molar-refractivity contribution in [3.63, 3.8) is 0 Å². The van der Waals surface area contributed by atoms with Crippen LogP contribution in [0.3, 0.4) is 0 Å². The minimum Gasteiger partial charge on any atom is -0.462 e. The second-order valence-electron chi connectivity index (χ2n) is 18.0. The van der Waals surface area contributed by atoms with Gasteiger partial charge in [-0.2, -0.15) is 0 Å². The summed E-state index contributed by atoms with van der Waals surface area (Å²) in [7, 11) is -4.75. The van der Waals surface area contributed by atoms with E-state index in [2.05, 4.69) is 81.5 Å². The molecule has 0 radical (unpaired) electrons. The molecule has 12 heteroatoms. The normalized spacial score (nSPS) is 13.9. The predicted molar refractivity (Wildman–Crippen MR) is 279 cm³/mol. The number of aliphatic hydroxyl groups is 1. The number of aliphatic hydroxyl groups excluding tert-OH is 1. The maximum Gasteiger partial charge on any atom is 0.472 e. The van der Waals surface area contributed by atoms with Crippen LogP contribution in [0.4, 0.5) is 0 Å². The summed E-state index contributed by atoms with van der Waals surface area (Å²) in [6, 6.07) is 0. The smallest absolute Gasteiger partial charge is 0.462 e. The van der Waals surface area contributed by atoms with Gasteiger partial charge in [-0.3, -0.25) is 23.4 Å². The number of ether oxygens (including phenoxy) is 3. The van der Waals surface area contributed by atoms with E-state index in [0.717, 1.165) is 109 Å². The van der Waals surface area contributed by atoms with Crippen LogP contribution in [0.1, 0.15) is 239 Å². The number of carbonyl (C=O) groups is 3. The lowest BCUT2D eigenvalue weighted by atomic mass is 10.1. The molecule has 0 heterocycles. The molecule has 0 aromatic rings. The number of esters is 3. The third-order valence-corrected chi connectivity index (χ3v) is 12.4. The maximum atomic E-state index is 12.9. The molecule has 0 fully saturated rings. The van der Waals surface area contributed by atoms with E-state index in [4.69, 9.17) is 23.3 Å². The molecule has 0 amide bonds. The van der Waals surface area contributed by atoms with Gasteiger partial charge in [0.25, 0.3) is 0 Å². The summed E-state index contributed by atoms with van der Waals surface area (Å²) in [5.74, 6) is -1.50. The molecule has 0 aliphatic carbocycles. The summed E-state index contributed by atoms with van der Waals surface area (Å²) >= 11 is 0. The predicted octanol–water partition coefficient (Wildman–Crippen LogP) is 15.6. The van der Waals surface area contributed by atoms with Crippen molar-refractivity contribution < 1.29 is 52.2 Å². The summed E-state index contributed by atoms with van der Waals surface area (Å²) in [6.45, 7) is 4.46. The second-order valence-corrected chi connectivity index (χ2v) is 19.5. The molecule has 0 rings (SSSR count). The monoisotopic (exact) mass is 979 g/mol. The number of hydrogen-bond donors (Lipinski definition) is 2. The quantitative estimate of drug-likeness (QED) is 0.0197. The van der Waals surface area contributed by atoms with Gasteiger partial charge in [-0.05, 0) is 83.5 Å². The van der Waals surface area contributed by atoms with Crippen LogP contribution in [0.25, 0.3) is 0 Å². The van der Waals surface area contributed by atoms with Crippen molar-refractivity contribution in [3.8, 4) is 0 Å². The minimum atomic E-state index is -4.75. The van der Waals surface area contributed by atoms with Crippen molar-refractivity contribution in [2.75, 3.05) is 26.4 Å². The van der Waals surface area contributed by atoms with E-state index in [9.17, 15) is 28.9 Å². The summed E-state index contributed by atoms with van der Waals surface area (Å²) in [4.78, 5) is 48.3. The van der Waals surface area contributed by atoms with Crippen molar-refractivity contribution in [1.82, 2.24) is 0 Å². The van der Waals surface area contributed by atoms with Crippen LogP contribution >= 0.6 is 7.82 Å². The van der Waals surface area contributed by atoms with Crippen LogP contribution in [-0.2, 0) is 42.2 Å². The Morgan fingerprint density at radius 3 is 1.19 bits per heavy atom. The Balaban J connectivity index is 4.78. The number of carbonyl (C=O) groups excluding carboxylic acids is 3. The van der Waals surface area contributed by atoms with Gasteiger partial charge in [0.2, 0.25) is 0 Å². The van der Waals surface area contributed by atoms with Crippen molar-refractivity contribution in [3.05, 3.63) is 60.8 Å². The number of hydrogen-bond acceptors (Lipinski definition) is 10. The topological polar surface area (TPSA) is 155 Å². The van der Waals surface area contributed by atoms with E-state index in [0.29, 0.717) is 19.3 Å². The first-order valence-corrected chi connectivity index (χ1v) is 28.7. The highest BCUT2D eigenvalue weighted by Gasteiger charge is 2.28. The third kappa shape index (κ3) is 48.2. The van der Waals surface area contributed by atoms with Gasteiger partial charge in [-0.1, -0.05) is 197 Å². The molecule has 0 aromatic heterocycles. The first kappa shape index (κ1) is 65.2. The molecule has 0 saturated carbocycles. The number of unbranched alkanes of at least 4 members (excludes halogenated alkanes) is 23. The van der Waals surface area contributed by atoms with Gasteiger partial charge >= 0.3 is 25.7 Å². The van der Waals surface area contributed by atoms with Crippen molar-refractivity contribution in [2.24, 2.45) is 0 Å². The Bertz CT molecular complexity index is 1370. The van der Waals surface area contributed by atoms with Gasteiger partial charge in [0, 0.05) is 19.3 Å². The fourth-order valence-corrected chi connectivity index (χ4v) is 8.07. The standard InChI is InChI=1S/C56H99O11P/c1-4-7-10-13-16-19-21-23-25-26-28-29-31-34-36-39-42-45-54(58)63-49-53(67-56(60)47-44-41-38-35-32-30-27-24-22-20-17-14-11-8-5-2)51-65-68(61,62)64-50-52(48-57)66-55(59)46-43-40-37-33-18-15-12-9-6-3/h7,10,16,19,23-25,27-29,52-53,57H,4-6,8-9,11-15,17-18,20-22,26,30-51H2,1-3H3,(H,61,62)/b10-7-,19-16-,25-23-,27-24-,29-28-. The molecule has 2 N–H and O–H groups in total. The average Bonchev–Trinajstić information content (AvgIpc) is 3.32. The number of phosphoric ester groups is 1. The summed E-state index contributed by atoms with van der Waals surface area (Å²) in [6.07, 6.45) is 53.3. The van der Waals surface area contributed by atoms with Crippen LogP contribution in [-0.4, -0.2) is 66.5 Å². The van der Waals surface area contributed by atoms with Gasteiger partial charge in [0.05, 0.1) is 19.8 Å². The SMILES string of the molecule is CC/C=C\C/C=C\C/C=C\C/C=C\CCCCCCC(=O)OCC(COP(=O)(O)OCC(CO)OC(=O)CCCCCCCCCCC)OC(=O)CCCCCCC/C=C\CCCCCCCC. The van der Waals surface area contributed by atoms with Gasteiger partial charge in [-0.25, -0.2) is 4.57 Å². The lowest BCUT2D eigenvalue weighted by Gasteiger charge is -2.21. The molecule has 3 atom stereocenters. The first-order chi connectivity index (χ1) is 33.2. The second kappa shape index (κ2) is 50.6. The Morgan fingerprint density at radius 1 is 0.426 bits per heavy atom. The third-order valence-electron chi connectivity index (χ3n) is 11.4. The molecule has 11 nitrogen and oxygen atoms in total. The Hall–Kier alpha value is -2.82. The number of allylic oxidation sites excluding steroid dienone is 10. The van der Waals surface area contributed by atoms with Gasteiger partial charge in [-0.15, -0.1) is 0 Å². The van der Waals surface area contributed by atoms with Crippen LogP contribution in [0, 0.1) is 0 Å². The van der Waals surface area contributed by atoms with E-state index < -0.39 is 57.8 Å². The van der Waals surface area contributed by atoms with Crippen molar-refractivity contribution in [1.29, 1.82) is 0 Å². The molecule has 0 bridgehead atoms. The number of phosphoric acid groups is 1. The Morgan fingerprint density at radius 2 is 0.765 bits per heavy atom. The van der Waals surface area contributed by atoms with E-state index in [1.807, 2.05) is 0 Å². The molecular formula is C56H99O11P. The Kier molecular flexibility index (Phi) is 48.5. The highest BCUT2D eigenvalue weighted by molar-refractivity contribution is 7.47. The lowest BCUT2D eigenvalue weighted by molar-refractivity contribution is -0.161. The van der Waals surface area contributed by atoms with Gasteiger partial charge in [0.15, 0.2) is 6.10 Å². The average molecular weight is 979 g/mol. The van der Waals surface area contributed by atoms with E-state index in [1.54, 1.807) is 0 Å². The van der Waals surface area contributed by atoms with Crippen molar-refractivity contribution >= 4 is 25.7 Å². The highest BCUT2D eigenvalue weighted by Crippen LogP contribution is 2.43. The fraction of sp³-hybridized carbons (Fsp3) is 0.768. The van der Waals surface area contributed by atoms with Crippen LogP contribution in [0.15, 0.2) is 60.8 Å². The van der Waals surface area contributed by atoms with E-state index >= 15 is 0 Å². The van der Waals surface area contributed by atoms with Gasteiger partial charge < -0.3 is 24.2 Å². The first-order valence-electron chi connectivity index (χ1n) is 27.2.